The van der Waals surface area contributed by atoms with Crippen molar-refractivity contribution in [2.24, 2.45) is 5.92 Å². The molecular formula is C27H38N4O3S. The molecule has 35 heavy (non-hydrogen) atoms. The van der Waals surface area contributed by atoms with E-state index < -0.39 is 6.04 Å². The molecule has 190 valence electrons. The van der Waals surface area contributed by atoms with E-state index in [4.69, 9.17) is 4.98 Å². The molecule has 1 aliphatic rings. The van der Waals surface area contributed by atoms with Crippen molar-refractivity contribution in [2.45, 2.75) is 83.7 Å². The van der Waals surface area contributed by atoms with E-state index in [0.717, 1.165) is 40.9 Å². The van der Waals surface area contributed by atoms with Crippen LogP contribution < -0.4 is 16.0 Å². The number of fused-ring (bicyclic) bond motifs is 1. The number of hydrogen-bond donors (Lipinski definition) is 3. The van der Waals surface area contributed by atoms with Crippen LogP contribution >= 0.6 is 11.3 Å². The summed E-state index contributed by atoms with van der Waals surface area (Å²) in [6.07, 6.45) is 7.31. The first-order valence-corrected chi connectivity index (χ1v) is 13.5. The lowest BCUT2D eigenvalue weighted by Crippen LogP contribution is -2.55. The maximum Gasteiger partial charge on any atom is 0.243 e. The van der Waals surface area contributed by atoms with E-state index in [1.54, 1.807) is 18.3 Å². The number of thiazole rings is 1. The molecule has 3 rings (SSSR count). The molecule has 3 N–H and O–H groups in total. The Morgan fingerprint density at radius 3 is 2.57 bits per heavy atom. The molecule has 2 aromatic rings. The average molecular weight is 499 g/mol. The average Bonchev–Trinajstić information content (AvgIpc) is 3.27. The number of carbonyl (C=O) groups is 3. The Hall–Kier alpha value is -2.74. The van der Waals surface area contributed by atoms with E-state index in [0.29, 0.717) is 25.3 Å². The Morgan fingerprint density at radius 1 is 1.17 bits per heavy atom. The first kappa shape index (κ1) is 26.9. The van der Waals surface area contributed by atoms with E-state index >= 15 is 0 Å². The second kappa shape index (κ2) is 12.8. The van der Waals surface area contributed by atoms with Crippen LogP contribution in [-0.2, 0) is 20.8 Å². The summed E-state index contributed by atoms with van der Waals surface area (Å²) in [4.78, 5) is 42.2. The summed E-state index contributed by atoms with van der Waals surface area (Å²) in [7, 11) is 0. The fourth-order valence-corrected chi connectivity index (χ4v) is 5.61. The molecule has 1 aromatic carbocycles. The number of nitrogens with one attached hydrogen (secondary N) is 3. The largest absolute Gasteiger partial charge is 0.351 e. The smallest absolute Gasteiger partial charge is 0.243 e. The molecule has 3 amide bonds. The molecule has 0 unspecified atom stereocenters. The van der Waals surface area contributed by atoms with Crippen molar-refractivity contribution in [3.8, 4) is 0 Å². The number of carbonyl (C=O) groups excluding carboxylic acids is 3. The standard InChI is InChI=1S/C27H38N4O3S/c1-5-24(32)28-16-22(18-10-8-7-9-11-18)31-27(34)21(29-25(33)6-2)15-26-30-20-13-12-19(17(3)4)14-23(20)35-26/h5,12-14,17-18,21-22H,1,6-11,15-16H2,2-4H3,(H,28,32)(H,29,33)(H,31,34)/t21-,22+/m0/s1. The van der Waals surface area contributed by atoms with Crippen LogP contribution in [-0.4, -0.2) is 41.3 Å². The maximum absolute atomic E-state index is 13.4. The van der Waals surface area contributed by atoms with Gasteiger partial charge in [-0.05, 0) is 48.4 Å². The van der Waals surface area contributed by atoms with Crippen molar-refractivity contribution >= 4 is 39.3 Å². The van der Waals surface area contributed by atoms with Crippen LogP contribution in [0.3, 0.4) is 0 Å². The summed E-state index contributed by atoms with van der Waals surface area (Å²) in [6, 6.07) is 5.34. The van der Waals surface area contributed by atoms with Gasteiger partial charge in [0, 0.05) is 25.4 Å². The van der Waals surface area contributed by atoms with Gasteiger partial charge in [0.05, 0.1) is 15.2 Å². The lowest BCUT2D eigenvalue weighted by atomic mass is 9.83. The van der Waals surface area contributed by atoms with E-state index in [9.17, 15) is 14.4 Å². The molecule has 0 radical (unpaired) electrons. The summed E-state index contributed by atoms with van der Waals surface area (Å²) < 4.78 is 1.08. The van der Waals surface area contributed by atoms with E-state index in [1.165, 1.54) is 18.1 Å². The predicted molar refractivity (Wildman–Crippen MR) is 141 cm³/mol. The van der Waals surface area contributed by atoms with Gasteiger partial charge < -0.3 is 16.0 Å². The van der Waals surface area contributed by atoms with E-state index in [-0.39, 0.29) is 29.7 Å². The van der Waals surface area contributed by atoms with Gasteiger partial charge in [0.2, 0.25) is 17.7 Å². The summed E-state index contributed by atoms with van der Waals surface area (Å²) >= 11 is 1.56. The van der Waals surface area contributed by atoms with E-state index in [1.807, 2.05) is 6.07 Å². The number of hydrogen-bond acceptors (Lipinski definition) is 5. The van der Waals surface area contributed by atoms with Crippen molar-refractivity contribution in [3.63, 3.8) is 0 Å². The lowest BCUT2D eigenvalue weighted by Gasteiger charge is -2.32. The summed E-state index contributed by atoms with van der Waals surface area (Å²) in [5.74, 6) is 0.0360. The van der Waals surface area contributed by atoms with Gasteiger partial charge in [0.1, 0.15) is 6.04 Å². The van der Waals surface area contributed by atoms with Crippen LogP contribution in [0.2, 0.25) is 0 Å². The van der Waals surface area contributed by atoms with Gasteiger partial charge in [0.25, 0.3) is 0 Å². The fraction of sp³-hybridized carbons (Fsp3) is 0.556. The molecule has 0 saturated heterocycles. The van der Waals surface area contributed by atoms with Gasteiger partial charge in [-0.25, -0.2) is 4.98 Å². The van der Waals surface area contributed by atoms with E-state index in [2.05, 4.69) is 48.5 Å². The highest BCUT2D eigenvalue weighted by atomic mass is 32.1. The predicted octanol–water partition coefficient (Wildman–Crippen LogP) is 4.22. The molecule has 1 aliphatic carbocycles. The topological polar surface area (TPSA) is 100 Å². The van der Waals surface area contributed by atoms with Gasteiger partial charge in [-0.2, -0.15) is 0 Å². The van der Waals surface area contributed by atoms with Crippen molar-refractivity contribution < 1.29 is 14.4 Å². The highest BCUT2D eigenvalue weighted by Crippen LogP contribution is 2.28. The molecule has 1 aromatic heterocycles. The van der Waals surface area contributed by atoms with Gasteiger partial charge in [0.15, 0.2) is 0 Å². The molecule has 1 fully saturated rings. The molecule has 1 saturated carbocycles. The number of nitrogens with zero attached hydrogens (tertiary/aromatic N) is 1. The third kappa shape index (κ3) is 7.62. The Bertz CT molecular complexity index is 1040. The fourth-order valence-electron chi connectivity index (χ4n) is 4.55. The maximum atomic E-state index is 13.4. The number of amides is 3. The zero-order valence-corrected chi connectivity index (χ0v) is 21.9. The van der Waals surface area contributed by atoms with Gasteiger partial charge >= 0.3 is 0 Å². The van der Waals surface area contributed by atoms with Crippen LogP contribution in [0.1, 0.15) is 75.8 Å². The molecule has 7 nitrogen and oxygen atoms in total. The first-order valence-electron chi connectivity index (χ1n) is 12.7. The highest BCUT2D eigenvalue weighted by molar-refractivity contribution is 7.18. The van der Waals surface area contributed by atoms with Crippen molar-refractivity contribution in [1.29, 1.82) is 0 Å². The van der Waals surface area contributed by atoms with Crippen LogP contribution in [0.5, 0.6) is 0 Å². The molecule has 1 heterocycles. The molecule has 0 spiro atoms. The molecule has 8 heteroatoms. The molecule has 0 aliphatic heterocycles. The second-order valence-electron chi connectivity index (χ2n) is 9.63. The zero-order chi connectivity index (χ0) is 25.4. The second-order valence-corrected chi connectivity index (χ2v) is 10.7. The third-order valence-corrected chi connectivity index (χ3v) is 7.74. The Morgan fingerprint density at radius 2 is 1.91 bits per heavy atom. The SMILES string of the molecule is C=CC(=O)NC[C@@H](NC(=O)[C@H](Cc1nc2ccc(C(C)C)cc2s1)NC(=O)CC)C1CCCCC1. The normalized spacial score (nSPS) is 16.0. The summed E-state index contributed by atoms with van der Waals surface area (Å²) in [6.45, 7) is 9.93. The minimum atomic E-state index is -0.728. The zero-order valence-electron chi connectivity index (χ0n) is 21.1. The minimum Gasteiger partial charge on any atom is -0.351 e. The van der Waals surface area contributed by atoms with Crippen LogP contribution in [0.25, 0.3) is 10.2 Å². The van der Waals surface area contributed by atoms with Crippen molar-refractivity contribution in [1.82, 2.24) is 20.9 Å². The minimum absolute atomic E-state index is 0.178. The summed E-state index contributed by atoms with van der Waals surface area (Å²) in [5, 5.41) is 9.68. The highest BCUT2D eigenvalue weighted by Gasteiger charge is 2.29. The quantitative estimate of drug-likeness (QED) is 0.404. The monoisotopic (exact) mass is 498 g/mol. The molecule has 2 atom stereocenters. The van der Waals surface area contributed by atoms with Gasteiger partial charge in [-0.15, -0.1) is 11.3 Å². The Balaban J connectivity index is 1.78. The van der Waals surface area contributed by atoms with Crippen molar-refractivity contribution in [3.05, 3.63) is 41.4 Å². The third-order valence-electron chi connectivity index (χ3n) is 6.70. The lowest BCUT2D eigenvalue weighted by molar-refractivity contribution is -0.129. The van der Waals surface area contributed by atoms with Gasteiger partial charge in [-0.3, -0.25) is 14.4 Å². The molecular weight excluding hydrogens is 460 g/mol. The van der Waals surface area contributed by atoms with Crippen LogP contribution in [0.15, 0.2) is 30.9 Å². The summed E-state index contributed by atoms with van der Waals surface area (Å²) in [5.41, 5.74) is 2.15. The van der Waals surface area contributed by atoms with Crippen LogP contribution in [0, 0.1) is 5.92 Å². The number of benzene rings is 1. The Labute approximate surface area is 212 Å². The first-order chi connectivity index (χ1) is 16.8. The molecule has 0 bridgehead atoms. The number of rotatable bonds is 11. The van der Waals surface area contributed by atoms with Crippen molar-refractivity contribution in [2.75, 3.05) is 6.54 Å². The number of aromatic nitrogens is 1. The van der Waals surface area contributed by atoms with Crippen LogP contribution in [0.4, 0.5) is 0 Å². The Kier molecular flexibility index (Phi) is 9.83. The van der Waals surface area contributed by atoms with Gasteiger partial charge in [-0.1, -0.05) is 52.7 Å².